The van der Waals surface area contributed by atoms with Crippen LogP contribution in [-0.4, -0.2) is 38.6 Å². The van der Waals surface area contributed by atoms with Gasteiger partial charge in [-0.05, 0) is 43.2 Å². The standard InChI is InChI=1S/C24H27NO8S/c1-3-4-5-7-22-23(20-16-18(25(27)28)10-13-21(20)33-22)24(26)17-8-11-19(12-9-17)32-14-6-15-34(29,30)31-2/h8-13,16H,3-7,14-15H2,1-2H3. The lowest BCUT2D eigenvalue weighted by atomic mass is 9.98. The SMILES string of the molecule is CCCCCc1oc2ccc([N+](=O)[O-])cc2c1C(=O)c1ccc(OCCCS(=O)(=O)OC)cc1. The van der Waals surface area contributed by atoms with Gasteiger partial charge in [0.25, 0.3) is 15.8 Å². The first-order valence-corrected chi connectivity index (χ1v) is 12.6. The number of non-ortho nitro benzene ring substituents is 1. The molecule has 182 valence electrons. The molecule has 0 fully saturated rings. The summed E-state index contributed by atoms with van der Waals surface area (Å²) in [7, 11) is -2.42. The minimum Gasteiger partial charge on any atom is -0.494 e. The fraction of sp³-hybridized carbons (Fsp3) is 0.375. The zero-order valence-electron chi connectivity index (χ0n) is 19.1. The molecule has 0 aliphatic carbocycles. The first-order chi connectivity index (χ1) is 16.3. The number of ketones is 1. The number of fused-ring (bicyclic) bond motifs is 1. The number of ether oxygens (including phenoxy) is 1. The maximum Gasteiger partial charge on any atom is 0.270 e. The molecule has 0 amide bonds. The van der Waals surface area contributed by atoms with Gasteiger partial charge in [-0.2, -0.15) is 8.42 Å². The number of rotatable bonds is 13. The molecule has 1 heterocycles. The fourth-order valence-electron chi connectivity index (χ4n) is 3.57. The molecule has 10 heteroatoms. The number of hydrogen-bond acceptors (Lipinski definition) is 8. The van der Waals surface area contributed by atoms with Crippen LogP contribution in [0.5, 0.6) is 5.75 Å². The van der Waals surface area contributed by atoms with E-state index in [-0.39, 0.29) is 30.3 Å². The third kappa shape index (κ3) is 6.21. The molecule has 3 rings (SSSR count). The van der Waals surface area contributed by atoms with E-state index in [2.05, 4.69) is 11.1 Å². The number of nitrogens with zero attached hydrogens (tertiary/aromatic N) is 1. The lowest BCUT2D eigenvalue weighted by molar-refractivity contribution is -0.384. The van der Waals surface area contributed by atoms with Crippen molar-refractivity contribution in [1.82, 2.24) is 0 Å². The summed E-state index contributed by atoms with van der Waals surface area (Å²) in [5, 5.41) is 11.7. The van der Waals surface area contributed by atoms with Crippen LogP contribution in [-0.2, 0) is 20.7 Å². The molecule has 0 N–H and O–H groups in total. The van der Waals surface area contributed by atoms with Crippen molar-refractivity contribution < 1.29 is 31.5 Å². The van der Waals surface area contributed by atoms with Crippen LogP contribution >= 0.6 is 0 Å². The number of hydrogen-bond donors (Lipinski definition) is 0. The highest BCUT2D eigenvalue weighted by Gasteiger charge is 2.23. The summed E-state index contributed by atoms with van der Waals surface area (Å²) >= 11 is 0. The van der Waals surface area contributed by atoms with Crippen molar-refractivity contribution >= 4 is 32.6 Å². The minimum absolute atomic E-state index is 0.110. The van der Waals surface area contributed by atoms with Crippen LogP contribution in [0.4, 0.5) is 5.69 Å². The average Bonchev–Trinajstić information content (AvgIpc) is 3.19. The molecule has 0 atom stereocenters. The molecular formula is C24H27NO8S. The zero-order valence-corrected chi connectivity index (χ0v) is 19.9. The molecule has 0 unspecified atom stereocenters. The van der Waals surface area contributed by atoms with Crippen LogP contribution in [0.15, 0.2) is 46.9 Å². The Hall–Kier alpha value is -3.24. The lowest BCUT2D eigenvalue weighted by Crippen LogP contribution is -2.11. The monoisotopic (exact) mass is 489 g/mol. The van der Waals surface area contributed by atoms with Gasteiger partial charge in [0.15, 0.2) is 5.78 Å². The van der Waals surface area contributed by atoms with E-state index in [0.717, 1.165) is 26.4 Å². The van der Waals surface area contributed by atoms with E-state index < -0.39 is 15.0 Å². The molecule has 0 radical (unpaired) electrons. The number of furan rings is 1. The molecule has 0 saturated heterocycles. The van der Waals surface area contributed by atoms with Gasteiger partial charge in [-0.3, -0.25) is 19.1 Å². The predicted octanol–water partition coefficient (Wildman–Crippen LogP) is 5.05. The first kappa shape index (κ1) is 25.4. The maximum atomic E-state index is 13.4. The van der Waals surface area contributed by atoms with E-state index in [1.54, 1.807) is 24.3 Å². The molecule has 0 spiro atoms. The molecular weight excluding hydrogens is 462 g/mol. The molecule has 0 aliphatic rings. The Bertz CT molecular complexity index is 1260. The predicted molar refractivity (Wildman–Crippen MR) is 127 cm³/mol. The van der Waals surface area contributed by atoms with Crippen LogP contribution < -0.4 is 4.74 Å². The summed E-state index contributed by atoms with van der Waals surface area (Å²) < 4.78 is 38.6. The van der Waals surface area contributed by atoms with E-state index >= 15 is 0 Å². The van der Waals surface area contributed by atoms with E-state index in [9.17, 15) is 23.3 Å². The smallest absolute Gasteiger partial charge is 0.270 e. The maximum absolute atomic E-state index is 13.4. The van der Waals surface area contributed by atoms with E-state index in [1.807, 2.05) is 0 Å². The molecule has 0 aliphatic heterocycles. The van der Waals surface area contributed by atoms with Gasteiger partial charge in [0, 0.05) is 29.5 Å². The van der Waals surface area contributed by atoms with Crippen LogP contribution in [0.2, 0.25) is 0 Å². The van der Waals surface area contributed by atoms with Crippen molar-refractivity contribution in [3.63, 3.8) is 0 Å². The van der Waals surface area contributed by atoms with Crippen molar-refractivity contribution in [3.8, 4) is 5.75 Å². The van der Waals surface area contributed by atoms with Crippen LogP contribution in [0.25, 0.3) is 11.0 Å². The van der Waals surface area contributed by atoms with Crippen molar-refractivity contribution in [2.75, 3.05) is 19.5 Å². The van der Waals surface area contributed by atoms with Gasteiger partial charge < -0.3 is 9.15 Å². The number of aryl methyl sites for hydroxylation is 1. The largest absolute Gasteiger partial charge is 0.494 e. The van der Waals surface area contributed by atoms with Gasteiger partial charge in [0.1, 0.15) is 17.1 Å². The number of unbranched alkanes of at least 4 members (excludes halogenated alkanes) is 2. The first-order valence-electron chi connectivity index (χ1n) is 11.0. The minimum atomic E-state index is -3.53. The van der Waals surface area contributed by atoms with Crippen molar-refractivity contribution in [3.05, 3.63) is 69.5 Å². The Balaban J connectivity index is 1.82. The Labute approximate surface area is 197 Å². The topological polar surface area (TPSA) is 126 Å². The summed E-state index contributed by atoms with van der Waals surface area (Å²) in [5.41, 5.74) is 1.06. The second-order valence-corrected chi connectivity index (χ2v) is 9.64. The summed E-state index contributed by atoms with van der Waals surface area (Å²) in [6.07, 6.45) is 3.64. The van der Waals surface area contributed by atoms with Gasteiger partial charge in [-0.15, -0.1) is 0 Å². The summed E-state index contributed by atoms with van der Waals surface area (Å²) in [6, 6.07) is 10.7. The van der Waals surface area contributed by atoms with Gasteiger partial charge in [-0.1, -0.05) is 19.8 Å². The Kier molecular flexibility index (Phi) is 8.41. The van der Waals surface area contributed by atoms with Crippen LogP contribution in [0.3, 0.4) is 0 Å². The van der Waals surface area contributed by atoms with Crippen LogP contribution in [0.1, 0.15) is 54.3 Å². The highest BCUT2D eigenvalue weighted by atomic mass is 32.2. The summed E-state index contributed by atoms with van der Waals surface area (Å²) in [5.74, 6) is 0.569. The van der Waals surface area contributed by atoms with Crippen LogP contribution in [0, 0.1) is 10.1 Å². The summed E-state index contributed by atoms with van der Waals surface area (Å²) in [6.45, 7) is 2.25. The molecule has 0 saturated carbocycles. The molecule has 1 aromatic heterocycles. The zero-order chi connectivity index (χ0) is 24.7. The van der Waals surface area contributed by atoms with E-state index in [4.69, 9.17) is 9.15 Å². The lowest BCUT2D eigenvalue weighted by Gasteiger charge is -2.08. The average molecular weight is 490 g/mol. The van der Waals surface area contributed by atoms with Crippen molar-refractivity contribution in [2.45, 2.75) is 39.0 Å². The number of nitro benzene ring substituents is 1. The number of nitro groups is 1. The molecule has 2 aromatic carbocycles. The van der Waals surface area contributed by atoms with Gasteiger partial charge in [-0.25, -0.2) is 0 Å². The van der Waals surface area contributed by atoms with Crippen molar-refractivity contribution in [1.29, 1.82) is 0 Å². The Morgan fingerprint density at radius 2 is 1.82 bits per heavy atom. The third-order valence-corrected chi connectivity index (χ3v) is 6.66. The summed E-state index contributed by atoms with van der Waals surface area (Å²) in [4.78, 5) is 24.2. The molecule has 0 bridgehead atoms. The van der Waals surface area contributed by atoms with Gasteiger partial charge in [0.2, 0.25) is 0 Å². The third-order valence-electron chi connectivity index (χ3n) is 5.37. The molecule has 34 heavy (non-hydrogen) atoms. The van der Waals surface area contributed by atoms with Gasteiger partial charge in [0.05, 0.1) is 30.0 Å². The highest BCUT2D eigenvalue weighted by Crippen LogP contribution is 2.32. The second-order valence-electron chi connectivity index (χ2n) is 7.78. The quantitative estimate of drug-likeness (QED) is 0.107. The number of carbonyl (C=O) groups excluding carboxylic acids is 1. The highest BCUT2D eigenvalue weighted by molar-refractivity contribution is 7.86. The Morgan fingerprint density at radius 1 is 1.09 bits per heavy atom. The Morgan fingerprint density at radius 3 is 2.47 bits per heavy atom. The fourth-order valence-corrected chi connectivity index (χ4v) is 4.20. The number of benzene rings is 2. The number of carbonyl (C=O) groups is 1. The second kappa shape index (κ2) is 11.3. The molecule has 3 aromatic rings. The van der Waals surface area contributed by atoms with Crippen molar-refractivity contribution in [2.24, 2.45) is 0 Å². The van der Waals surface area contributed by atoms with E-state index in [1.165, 1.54) is 18.2 Å². The molecule has 9 nitrogen and oxygen atoms in total. The van der Waals surface area contributed by atoms with Gasteiger partial charge >= 0.3 is 0 Å². The normalized spacial score (nSPS) is 11.6. The van der Waals surface area contributed by atoms with E-state index in [0.29, 0.717) is 40.0 Å².